The van der Waals surface area contributed by atoms with Crippen LogP contribution in [0.2, 0.25) is 0 Å². The predicted octanol–water partition coefficient (Wildman–Crippen LogP) is 3.44. The molecule has 0 aromatic heterocycles. The van der Waals surface area contributed by atoms with Crippen LogP contribution < -0.4 is 10.5 Å². The van der Waals surface area contributed by atoms with Gasteiger partial charge in [-0.25, -0.2) is 0 Å². The SMILES string of the molecule is CCCCCCCc1ccccc1OC(N)=S.[Ba]. The van der Waals surface area contributed by atoms with E-state index < -0.39 is 0 Å². The number of unbranched alkanes of at least 4 members (excludes halogenated alkanes) is 4. The largest absolute Gasteiger partial charge is 0.432 e. The van der Waals surface area contributed by atoms with E-state index in [9.17, 15) is 0 Å². The normalized spacial score (nSPS) is 9.61. The van der Waals surface area contributed by atoms with E-state index in [1.807, 2.05) is 18.2 Å². The molecule has 0 amide bonds. The first-order valence-corrected chi connectivity index (χ1v) is 6.70. The molecule has 18 heavy (non-hydrogen) atoms. The molecule has 1 aromatic carbocycles. The average Bonchev–Trinajstić information content (AvgIpc) is 2.30. The van der Waals surface area contributed by atoms with Crippen LogP contribution in [0.3, 0.4) is 0 Å². The van der Waals surface area contributed by atoms with Crippen molar-refractivity contribution in [3.05, 3.63) is 29.8 Å². The molecule has 0 bridgehead atoms. The zero-order valence-electron chi connectivity index (χ0n) is 11.2. The minimum Gasteiger partial charge on any atom is -0.432 e. The third-order valence-corrected chi connectivity index (χ3v) is 2.82. The van der Waals surface area contributed by atoms with E-state index >= 15 is 0 Å². The van der Waals surface area contributed by atoms with Gasteiger partial charge in [0.25, 0.3) is 5.17 Å². The molecule has 2 nitrogen and oxygen atoms in total. The van der Waals surface area contributed by atoms with Gasteiger partial charge in [-0.05, 0) is 36.7 Å². The van der Waals surface area contributed by atoms with Crippen molar-refractivity contribution in [3.8, 4) is 5.75 Å². The molecule has 0 atom stereocenters. The Morgan fingerprint density at radius 3 is 2.50 bits per heavy atom. The quantitative estimate of drug-likeness (QED) is 0.441. The Labute approximate surface area is 156 Å². The van der Waals surface area contributed by atoms with Crippen LogP contribution in [0.25, 0.3) is 0 Å². The smallest absolute Gasteiger partial charge is 0.259 e. The minimum atomic E-state index is 0. The van der Waals surface area contributed by atoms with Gasteiger partial charge in [-0.3, -0.25) is 0 Å². The number of ether oxygens (including phenoxy) is 1. The van der Waals surface area contributed by atoms with Crippen molar-refractivity contribution in [3.63, 3.8) is 0 Å². The van der Waals surface area contributed by atoms with Crippen molar-refractivity contribution in [2.24, 2.45) is 5.73 Å². The molecule has 96 valence electrons. The van der Waals surface area contributed by atoms with Crippen molar-refractivity contribution < 1.29 is 4.74 Å². The summed E-state index contributed by atoms with van der Waals surface area (Å²) in [7, 11) is 0. The van der Waals surface area contributed by atoms with Crippen LogP contribution >= 0.6 is 12.2 Å². The fourth-order valence-corrected chi connectivity index (χ4v) is 1.93. The van der Waals surface area contributed by atoms with Crippen molar-refractivity contribution in [2.75, 3.05) is 0 Å². The van der Waals surface area contributed by atoms with Gasteiger partial charge in [0.05, 0.1) is 0 Å². The molecule has 0 aliphatic heterocycles. The summed E-state index contributed by atoms with van der Waals surface area (Å²) in [5, 5.41) is 0.0865. The van der Waals surface area contributed by atoms with Crippen molar-refractivity contribution in [2.45, 2.75) is 45.4 Å². The number of benzene rings is 1. The van der Waals surface area contributed by atoms with Gasteiger partial charge >= 0.3 is 0 Å². The summed E-state index contributed by atoms with van der Waals surface area (Å²) < 4.78 is 5.33. The van der Waals surface area contributed by atoms with E-state index in [1.165, 1.54) is 37.7 Å². The predicted molar refractivity (Wildman–Crippen MR) is 82.1 cm³/mol. The van der Waals surface area contributed by atoms with Crippen LogP contribution in [0.1, 0.15) is 44.6 Å². The van der Waals surface area contributed by atoms with E-state index in [1.54, 1.807) is 0 Å². The molecule has 4 heteroatoms. The van der Waals surface area contributed by atoms with E-state index in [-0.39, 0.29) is 54.1 Å². The third kappa shape index (κ3) is 7.82. The molecule has 1 rings (SSSR count). The van der Waals surface area contributed by atoms with Crippen LogP contribution in [0.15, 0.2) is 24.3 Å². The molecule has 0 saturated carbocycles. The Hall–Kier alpha value is 0.481. The van der Waals surface area contributed by atoms with E-state index in [0.29, 0.717) is 0 Å². The molecule has 0 spiro atoms. The summed E-state index contributed by atoms with van der Waals surface area (Å²) in [6.07, 6.45) is 7.41. The molecule has 0 saturated heterocycles. The maximum Gasteiger partial charge on any atom is 0.259 e. The summed E-state index contributed by atoms with van der Waals surface area (Å²) in [6.45, 7) is 2.23. The summed E-state index contributed by atoms with van der Waals surface area (Å²) in [4.78, 5) is 0. The summed E-state index contributed by atoms with van der Waals surface area (Å²) in [5.41, 5.74) is 6.59. The van der Waals surface area contributed by atoms with Gasteiger partial charge in [0.1, 0.15) is 5.75 Å². The van der Waals surface area contributed by atoms with Gasteiger partial charge in [-0.15, -0.1) is 0 Å². The number of hydrogen-bond donors (Lipinski definition) is 1. The first-order valence-electron chi connectivity index (χ1n) is 6.29. The van der Waals surface area contributed by atoms with Crippen molar-refractivity contribution in [1.82, 2.24) is 0 Å². The average molecular weight is 389 g/mol. The monoisotopic (exact) mass is 389 g/mol. The summed E-state index contributed by atoms with van der Waals surface area (Å²) >= 11 is 4.76. The summed E-state index contributed by atoms with van der Waals surface area (Å²) in [5.74, 6) is 0.801. The second kappa shape index (κ2) is 11.3. The maximum atomic E-state index is 5.40. The first-order chi connectivity index (χ1) is 8.24. The minimum absolute atomic E-state index is 0. The number of rotatable bonds is 7. The van der Waals surface area contributed by atoms with Gasteiger partial charge in [0, 0.05) is 48.9 Å². The topological polar surface area (TPSA) is 35.2 Å². The molecule has 2 N–H and O–H groups in total. The van der Waals surface area contributed by atoms with Gasteiger partial charge in [0.15, 0.2) is 0 Å². The zero-order valence-corrected chi connectivity index (χ0v) is 16.4. The van der Waals surface area contributed by atoms with Gasteiger partial charge in [0.2, 0.25) is 0 Å². The zero-order chi connectivity index (χ0) is 12.5. The number of thiocarbonyl (C=S) groups is 1. The molecular weight excluding hydrogens is 368 g/mol. The van der Waals surface area contributed by atoms with Crippen LogP contribution in [0, 0.1) is 0 Å². The van der Waals surface area contributed by atoms with E-state index in [4.69, 9.17) is 22.7 Å². The van der Waals surface area contributed by atoms with Crippen LogP contribution in [0.5, 0.6) is 5.75 Å². The van der Waals surface area contributed by atoms with Crippen LogP contribution in [0.4, 0.5) is 0 Å². The van der Waals surface area contributed by atoms with Gasteiger partial charge in [-0.2, -0.15) is 0 Å². The first kappa shape index (κ1) is 18.5. The van der Waals surface area contributed by atoms with Crippen molar-refractivity contribution >= 4 is 66.3 Å². The molecule has 0 aliphatic carbocycles. The summed E-state index contributed by atoms with van der Waals surface area (Å²) in [6, 6.07) is 7.95. The Morgan fingerprint density at radius 1 is 1.17 bits per heavy atom. The number of aryl methyl sites for hydroxylation is 1. The standard InChI is InChI=1S/C14H21NOS.Ba/c1-2-3-4-5-6-9-12-10-7-8-11-13(12)16-14(15)17;/h7-8,10-11H,2-6,9H2,1H3,(H2,15,17);. The Bertz CT molecular complexity index is 357. The molecular formula is C14H21BaNOS. The van der Waals surface area contributed by atoms with E-state index in [0.717, 1.165) is 12.2 Å². The molecule has 1 aromatic rings. The fraction of sp³-hybridized carbons (Fsp3) is 0.500. The Morgan fingerprint density at radius 2 is 1.83 bits per heavy atom. The fourth-order valence-electron chi connectivity index (χ4n) is 1.84. The Balaban J connectivity index is 0.00000289. The van der Waals surface area contributed by atoms with Gasteiger partial charge < -0.3 is 10.5 Å². The van der Waals surface area contributed by atoms with Gasteiger partial charge in [-0.1, -0.05) is 50.8 Å². The molecule has 2 radical (unpaired) electrons. The second-order valence-corrected chi connectivity index (χ2v) is 4.60. The van der Waals surface area contributed by atoms with Crippen LogP contribution in [-0.2, 0) is 6.42 Å². The second-order valence-electron chi connectivity index (χ2n) is 4.19. The number of para-hydroxylation sites is 1. The molecule has 0 aliphatic rings. The van der Waals surface area contributed by atoms with E-state index in [2.05, 4.69) is 13.0 Å². The molecule has 0 fully saturated rings. The molecule has 0 heterocycles. The Kier molecular flexibility index (Phi) is 11.6. The number of hydrogen-bond acceptors (Lipinski definition) is 2. The number of nitrogens with two attached hydrogens (primary N) is 1. The third-order valence-electron chi connectivity index (χ3n) is 2.73. The maximum absolute atomic E-state index is 5.40. The van der Waals surface area contributed by atoms with Crippen molar-refractivity contribution in [1.29, 1.82) is 0 Å². The molecule has 0 unspecified atom stereocenters. The van der Waals surface area contributed by atoms with Crippen LogP contribution in [-0.4, -0.2) is 54.1 Å².